The average molecular weight is 312 g/mol. The van der Waals surface area contributed by atoms with Crippen LogP contribution in [0.3, 0.4) is 0 Å². The Hall–Kier alpha value is -1.59. The fourth-order valence-corrected chi connectivity index (χ4v) is 2.48. The molecule has 0 aliphatic carbocycles. The number of nitrogens with two attached hydrogens (primary N) is 1. The van der Waals surface area contributed by atoms with Crippen molar-refractivity contribution in [1.29, 1.82) is 0 Å². The van der Waals surface area contributed by atoms with E-state index in [0.717, 1.165) is 17.8 Å². The monoisotopic (exact) mass is 311 g/mol. The van der Waals surface area contributed by atoms with E-state index in [1.165, 1.54) is 12.1 Å². The van der Waals surface area contributed by atoms with Crippen molar-refractivity contribution in [2.45, 2.75) is 32.9 Å². The standard InChI is InChI=1S/C15H19ClFN3O/c1-4-12-15(16)13(20(3)19-12)8-21-14-6-5-10(17)7-11(14)9(2)18/h5-7,9H,4,8,18H2,1-3H3/t9-/m0/s1. The number of aryl methyl sites for hydroxylation is 2. The lowest BCUT2D eigenvalue weighted by Crippen LogP contribution is -2.10. The first kappa shape index (κ1) is 15.8. The predicted octanol–water partition coefficient (Wildman–Crippen LogP) is 3.37. The minimum atomic E-state index is -0.332. The number of ether oxygens (including phenoxy) is 1. The number of hydrogen-bond acceptors (Lipinski definition) is 3. The maximum absolute atomic E-state index is 13.3. The van der Waals surface area contributed by atoms with Crippen LogP contribution >= 0.6 is 11.6 Å². The summed E-state index contributed by atoms with van der Waals surface area (Å²) in [6.07, 6.45) is 0.758. The molecule has 1 atom stereocenters. The summed E-state index contributed by atoms with van der Waals surface area (Å²) < 4.78 is 20.8. The van der Waals surface area contributed by atoms with Crippen molar-refractivity contribution in [3.63, 3.8) is 0 Å². The summed E-state index contributed by atoms with van der Waals surface area (Å²) in [6.45, 7) is 4.04. The van der Waals surface area contributed by atoms with Crippen LogP contribution in [0.15, 0.2) is 18.2 Å². The summed E-state index contributed by atoms with van der Waals surface area (Å²) in [6, 6.07) is 4.01. The third kappa shape index (κ3) is 3.36. The second-order valence-electron chi connectivity index (χ2n) is 4.94. The summed E-state index contributed by atoms with van der Waals surface area (Å²) >= 11 is 6.28. The average Bonchev–Trinajstić information content (AvgIpc) is 2.72. The third-order valence-corrected chi connectivity index (χ3v) is 3.77. The van der Waals surface area contributed by atoms with E-state index in [1.54, 1.807) is 17.7 Å². The molecule has 0 spiro atoms. The fourth-order valence-electron chi connectivity index (χ4n) is 2.13. The molecule has 0 fully saturated rings. The highest BCUT2D eigenvalue weighted by atomic mass is 35.5. The molecule has 1 aromatic carbocycles. The predicted molar refractivity (Wildman–Crippen MR) is 80.9 cm³/mol. The van der Waals surface area contributed by atoms with Crippen LogP contribution in [-0.4, -0.2) is 9.78 Å². The number of benzene rings is 1. The van der Waals surface area contributed by atoms with Gasteiger partial charge in [-0.25, -0.2) is 4.39 Å². The van der Waals surface area contributed by atoms with E-state index in [0.29, 0.717) is 16.3 Å². The highest BCUT2D eigenvalue weighted by Gasteiger charge is 2.15. The van der Waals surface area contributed by atoms with Crippen molar-refractivity contribution in [3.05, 3.63) is 46.0 Å². The van der Waals surface area contributed by atoms with Gasteiger partial charge in [0.15, 0.2) is 0 Å². The first-order valence-corrected chi connectivity index (χ1v) is 7.19. The van der Waals surface area contributed by atoms with E-state index in [1.807, 2.05) is 14.0 Å². The molecule has 0 aliphatic rings. The van der Waals surface area contributed by atoms with Crippen molar-refractivity contribution < 1.29 is 9.13 Å². The molecule has 0 radical (unpaired) electrons. The molecule has 0 saturated carbocycles. The van der Waals surface area contributed by atoms with E-state index >= 15 is 0 Å². The highest BCUT2D eigenvalue weighted by molar-refractivity contribution is 6.31. The minimum Gasteiger partial charge on any atom is -0.487 e. The molecule has 0 saturated heterocycles. The Bertz CT molecular complexity index is 640. The van der Waals surface area contributed by atoms with E-state index in [4.69, 9.17) is 22.1 Å². The fraction of sp³-hybridized carbons (Fsp3) is 0.400. The van der Waals surface area contributed by atoms with Crippen LogP contribution in [0.1, 0.15) is 36.8 Å². The van der Waals surface area contributed by atoms with Gasteiger partial charge in [-0.05, 0) is 31.5 Å². The summed E-state index contributed by atoms with van der Waals surface area (Å²) in [5.41, 5.74) is 8.10. The molecule has 0 bridgehead atoms. The van der Waals surface area contributed by atoms with Crippen molar-refractivity contribution in [2.24, 2.45) is 12.8 Å². The van der Waals surface area contributed by atoms with Gasteiger partial charge in [0, 0.05) is 18.7 Å². The maximum atomic E-state index is 13.3. The number of hydrogen-bond donors (Lipinski definition) is 1. The zero-order chi connectivity index (χ0) is 15.6. The first-order chi connectivity index (χ1) is 9.93. The largest absolute Gasteiger partial charge is 0.487 e. The molecule has 114 valence electrons. The van der Waals surface area contributed by atoms with Crippen LogP contribution in [0.4, 0.5) is 4.39 Å². The lowest BCUT2D eigenvalue weighted by Gasteiger charge is -2.14. The number of aromatic nitrogens is 2. The van der Waals surface area contributed by atoms with E-state index < -0.39 is 0 Å². The van der Waals surface area contributed by atoms with Crippen LogP contribution in [0.25, 0.3) is 0 Å². The second-order valence-corrected chi connectivity index (χ2v) is 5.32. The molecule has 21 heavy (non-hydrogen) atoms. The van der Waals surface area contributed by atoms with Gasteiger partial charge < -0.3 is 10.5 Å². The minimum absolute atomic E-state index is 0.258. The Kier molecular flexibility index (Phi) is 4.85. The zero-order valence-corrected chi connectivity index (χ0v) is 13.1. The molecule has 0 aliphatic heterocycles. The van der Waals surface area contributed by atoms with Gasteiger partial charge in [0.05, 0.1) is 16.4 Å². The Morgan fingerprint density at radius 1 is 1.48 bits per heavy atom. The SMILES string of the molecule is CCc1nn(C)c(COc2ccc(F)cc2[C@H](C)N)c1Cl. The molecule has 1 aromatic heterocycles. The van der Waals surface area contributed by atoms with E-state index in [-0.39, 0.29) is 18.5 Å². The molecule has 0 unspecified atom stereocenters. The van der Waals surface area contributed by atoms with Crippen molar-refractivity contribution in [2.75, 3.05) is 0 Å². The maximum Gasteiger partial charge on any atom is 0.131 e. The van der Waals surface area contributed by atoms with Gasteiger partial charge in [-0.3, -0.25) is 4.68 Å². The van der Waals surface area contributed by atoms with Crippen molar-refractivity contribution >= 4 is 11.6 Å². The van der Waals surface area contributed by atoms with Crippen LogP contribution in [0.5, 0.6) is 5.75 Å². The van der Waals surface area contributed by atoms with Crippen LogP contribution in [0, 0.1) is 5.82 Å². The third-order valence-electron chi connectivity index (χ3n) is 3.33. The highest BCUT2D eigenvalue weighted by Crippen LogP contribution is 2.27. The molecule has 4 nitrogen and oxygen atoms in total. The smallest absolute Gasteiger partial charge is 0.131 e. The topological polar surface area (TPSA) is 53.1 Å². The molecule has 6 heteroatoms. The quantitative estimate of drug-likeness (QED) is 0.921. The Balaban J connectivity index is 2.23. The van der Waals surface area contributed by atoms with Gasteiger partial charge in [0.1, 0.15) is 18.2 Å². The molecular weight excluding hydrogens is 293 g/mol. The van der Waals surface area contributed by atoms with Gasteiger partial charge in [-0.2, -0.15) is 5.10 Å². The first-order valence-electron chi connectivity index (χ1n) is 6.82. The summed E-state index contributed by atoms with van der Waals surface area (Å²) in [4.78, 5) is 0. The van der Waals surface area contributed by atoms with Gasteiger partial charge in [0.25, 0.3) is 0 Å². The zero-order valence-electron chi connectivity index (χ0n) is 12.4. The summed E-state index contributed by atoms with van der Waals surface area (Å²) in [5, 5.41) is 4.95. The number of nitrogens with zero attached hydrogens (tertiary/aromatic N) is 2. The van der Waals surface area contributed by atoms with Gasteiger partial charge in [0.2, 0.25) is 0 Å². The lowest BCUT2D eigenvalue weighted by atomic mass is 10.1. The lowest BCUT2D eigenvalue weighted by molar-refractivity contribution is 0.290. The number of rotatable bonds is 5. The number of halogens is 2. The van der Waals surface area contributed by atoms with Crippen molar-refractivity contribution in [3.8, 4) is 5.75 Å². The van der Waals surface area contributed by atoms with Crippen molar-refractivity contribution in [1.82, 2.24) is 9.78 Å². The van der Waals surface area contributed by atoms with Crippen LogP contribution in [-0.2, 0) is 20.1 Å². The van der Waals surface area contributed by atoms with Gasteiger partial charge in [-0.15, -0.1) is 0 Å². The van der Waals surface area contributed by atoms with Crippen LogP contribution in [0.2, 0.25) is 5.02 Å². The Labute approximate surface area is 128 Å². The normalized spacial score (nSPS) is 12.5. The Morgan fingerprint density at radius 2 is 2.19 bits per heavy atom. The van der Waals surface area contributed by atoms with Crippen LogP contribution < -0.4 is 10.5 Å². The molecule has 2 N–H and O–H groups in total. The van der Waals surface area contributed by atoms with E-state index in [2.05, 4.69) is 5.10 Å². The molecule has 1 heterocycles. The van der Waals surface area contributed by atoms with Gasteiger partial charge in [-0.1, -0.05) is 18.5 Å². The Morgan fingerprint density at radius 3 is 2.76 bits per heavy atom. The summed E-state index contributed by atoms with van der Waals surface area (Å²) in [7, 11) is 1.82. The molecular formula is C15H19ClFN3O. The van der Waals surface area contributed by atoms with E-state index in [9.17, 15) is 4.39 Å². The second kappa shape index (κ2) is 6.45. The van der Waals surface area contributed by atoms with Gasteiger partial charge >= 0.3 is 0 Å². The molecule has 2 rings (SSSR count). The summed E-state index contributed by atoms with van der Waals surface area (Å²) in [5.74, 6) is 0.225. The molecule has 2 aromatic rings. The molecule has 0 amide bonds.